The summed E-state index contributed by atoms with van der Waals surface area (Å²) in [5, 5.41) is 2.84. The second kappa shape index (κ2) is 3.61. The Morgan fingerprint density at radius 1 is 1.58 bits per heavy atom. The maximum Gasteiger partial charge on any atom is 0.231 e. The average molecular weight is 169 g/mol. The molecule has 0 spiro atoms. The molecule has 1 aliphatic heterocycles. The minimum Gasteiger partial charge on any atom is -0.497 e. The molecule has 0 aliphatic carbocycles. The molecule has 0 aromatic carbocycles. The Balaban J connectivity index is 2.47. The minimum atomic E-state index is -0.118. The molecule has 1 aliphatic rings. The van der Waals surface area contributed by atoms with E-state index >= 15 is 0 Å². The number of hydrogen-bond donors (Lipinski definition) is 1. The third-order valence-electron chi connectivity index (χ3n) is 1.82. The average Bonchev–Trinajstić information content (AvgIpc) is 2.33. The monoisotopic (exact) mass is 169 g/mol. The van der Waals surface area contributed by atoms with Crippen LogP contribution >= 0.6 is 0 Å². The van der Waals surface area contributed by atoms with Crippen LogP contribution in [0.5, 0.6) is 0 Å². The summed E-state index contributed by atoms with van der Waals surface area (Å²) < 4.78 is 5.13. The third-order valence-corrected chi connectivity index (χ3v) is 1.82. The molecule has 1 N–H and O–H groups in total. The smallest absolute Gasteiger partial charge is 0.231 e. The van der Waals surface area contributed by atoms with Gasteiger partial charge in [-0.2, -0.15) is 0 Å². The van der Waals surface area contributed by atoms with E-state index in [2.05, 4.69) is 5.32 Å². The molecular formula is C9H15NO2. The van der Waals surface area contributed by atoms with Gasteiger partial charge in [0, 0.05) is 6.04 Å². The zero-order chi connectivity index (χ0) is 9.14. The Hall–Kier alpha value is -0.990. The van der Waals surface area contributed by atoms with Crippen LogP contribution in [0.4, 0.5) is 0 Å². The Morgan fingerprint density at radius 3 is 2.67 bits per heavy atom. The van der Waals surface area contributed by atoms with Gasteiger partial charge in [-0.3, -0.25) is 4.79 Å². The van der Waals surface area contributed by atoms with Crippen molar-refractivity contribution in [2.45, 2.75) is 32.9 Å². The molecule has 0 saturated carbocycles. The first kappa shape index (κ1) is 9.10. The lowest BCUT2D eigenvalue weighted by Crippen LogP contribution is -2.38. The van der Waals surface area contributed by atoms with E-state index in [-0.39, 0.29) is 24.0 Å². The molecule has 0 aromatic rings. The van der Waals surface area contributed by atoms with E-state index in [9.17, 15) is 4.79 Å². The van der Waals surface area contributed by atoms with E-state index in [0.717, 1.165) is 0 Å². The van der Waals surface area contributed by atoms with Gasteiger partial charge in [-0.05, 0) is 26.8 Å². The summed E-state index contributed by atoms with van der Waals surface area (Å²) >= 11 is 0. The fraction of sp³-hybridized carbons (Fsp3) is 0.667. The first-order valence-corrected chi connectivity index (χ1v) is 4.23. The standard InChI is InChI=1S/C9H15NO2/c1-6(2)10-9(11)8-4-5-12-7(8)3/h4-8H,1-3H3,(H,10,11). The van der Waals surface area contributed by atoms with Gasteiger partial charge in [-0.15, -0.1) is 0 Å². The number of hydrogen-bond acceptors (Lipinski definition) is 2. The van der Waals surface area contributed by atoms with Gasteiger partial charge < -0.3 is 10.1 Å². The topological polar surface area (TPSA) is 38.3 Å². The van der Waals surface area contributed by atoms with Gasteiger partial charge in [0.1, 0.15) is 6.10 Å². The number of carbonyl (C=O) groups excluding carboxylic acids is 1. The molecule has 0 bridgehead atoms. The number of rotatable bonds is 2. The predicted molar refractivity (Wildman–Crippen MR) is 46.5 cm³/mol. The Morgan fingerprint density at radius 2 is 2.25 bits per heavy atom. The van der Waals surface area contributed by atoms with Crippen molar-refractivity contribution < 1.29 is 9.53 Å². The summed E-state index contributed by atoms with van der Waals surface area (Å²) in [4.78, 5) is 11.4. The van der Waals surface area contributed by atoms with Crippen molar-refractivity contribution in [3.63, 3.8) is 0 Å². The highest BCUT2D eigenvalue weighted by atomic mass is 16.5. The van der Waals surface area contributed by atoms with E-state index in [1.54, 1.807) is 12.3 Å². The quantitative estimate of drug-likeness (QED) is 0.671. The molecule has 1 amide bonds. The molecule has 12 heavy (non-hydrogen) atoms. The molecule has 1 heterocycles. The molecule has 0 fully saturated rings. The fourth-order valence-electron chi connectivity index (χ4n) is 1.18. The zero-order valence-corrected chi connectivity index (χ0v) is 7.70. The van der Waals surface area contributed by atoms with E-state index in [0.29, 0.717) is 0 Å². The van der Waals surface area contributed by atoms with Gasteiger partial charge in [0.15, 0.2) is 0 Å². The first-order chi connectivity index (χ1) is 5.61. The summed E-state index contributed by atoms with van der Waals surface area (Å²) in [5.74, 6) is -0.0707. The van der Waals surface area contributed by atoms with E-state index in [4.69, 9.17) is 4.74 Å². The van der Waals surface area contributed by atoms with Gasteiger partial charge in [-0.1, -0.05) is 0 Å². The molecule has 2 atom stereocenters. The van der Waals surface area contributed by atoms with Crippen molar-refractivity contribution >= 4 is 5.91 Å². The lowest BCUT2D eigenvalue weighted by molar-refractivity contribution is -0.125. The van der Waals surface area contributed by atoms with E-state index in [1.165, 1.54) is 0 Å². The molecule has 0 saturated heterocycles. The highest BCUT2D eigenvalue weighted by molar-refractivity contribution is 5.81. The molecule has 3 heteroatoms. The molecule has 68 valence electrons. The normalized spacial score (nSPS) is 27.3. The Labute approximate surface area is 72.8 Å². The highest BCUT2D eigenvalue weighted by Gasteiger charge is 2.27. The number of carbonyl (C=O) groups is 1. The highest BCUT2D eigenvalue weighted by Crippen LogP contribution is 2.16. The predicted octanol–water partition coefficient (Wildman–Crippen LogP) is 1.06. The summed E-state index contributed by atoms with van der Waals surface area (Å²) in [6.07, 6.45) is 3.36. The number of amides is 1. The van der Waals surface area contributed by atoms with Crippen molar-refractivity contribution in [2.24, 2.45) is 5.92 Å². The summed E-state index contributed by atoms with van der Waals surface area (Å²) in [6, 6.07) is 0.193. The van der Waals surface area contributed by atoms with Gasteiger partial charge in [0.2, 0.25) is 5.91 Å². The van der Waals surface area contributed by atoms with Gasteiger partial charge >= 0.3 is 0 Å². The van der Waals surface area contributed by atoms with Crippen LogP contribution in [0, 0.1) is 5.92 Å². The van der Waals surface area contributed by atoms with E-state index < -0.39 is 0 Å². The summed E-state index contributed by atoms with van der Waals surface area (Å²) in [7, 11) is 0. The maximum absolute atomic E-state index is 11.4. The zero-order valence-electron chi connectivity index (χ0n) is 7.70. The van der Waals surface area contributed by atoms with Crippen molar-refractivity contribution in [3.05, 3.63) is 12.3 Å². The van der Waals surface area contributed by atoms with Gasteiger partial charge in [-0.25, -0.2) is 0 Å². The molecule has 3 nitrogen and oxygen atoms in total. The van der Waals surface area contributed by atoms with Crippen molar-refractivity contribution in [2.75, 3.05) is 0 Å². The second-order valence-electron chi connectivity index (χ2n) is 3.36. The lowest BCUT2D eigenvalue weighted by Gasteiger charge is -2.15. The van der Waals surface area contributed by atoms with Gasteiger partial charge in [0.25, 0.3) is 0 Å². The Kier molecular flexibility index (Phi) is 2.74. The van der Waals surface area contributed by atoms with Crippen molar-refractivity contribution in [1.82, 2.24) is 5.32 Å². The lowest BCUT2D eigenvalue weighted by atomic mass is 10.0. The van der Waals surface area contributed by atoms with Crippen LogP contribution in [0.15, 0.2) is 12.3 Å². The van der Waals surface area contributed by atoms with Crippen LogP contribution < -0.4 is 5.32 Å². The molecule has 0 aromatic heterocycles. The molecular weight excluding hydrogens is 154 g/mol. The van der Waals surface area contributed by atoms with Crippen LogP contribution in [-0.4, -0.2) is 18.1 Å². The SMILES string of the molecule is CC(C)NC(=O)C1C=COC1C. The van der Waals surface area contributed by atoms with E-state index in [1.807, 2.05) is 20.8 Å². The number of nitrogens with one attached hydrogen (secondary N) is 1. The van der Waals surface area contributed by atoms with Crippen LogP contribution in [0.3, 0.4) is 0 Å². The van der Waals surface area contributed by atoms with Crippen LogP contribution in [0.1, 0.15) is 20.8 Å². The molecule has 0 radical (unpaired) electrons. The van der Waals surface area contributed by atoms with Crippen LogP contribution in [0.25, 0.3) is 0 Å². The van der Waals surface area contributed by atoms with Crippen LogP contribution in [-0.2, 0) is 9.53 Å². The van der Waals surface area contributed by atoms with Crippen LogP contribution in [0.2, 0.25) is 0 Å². The van der Waals surface area contributed by atoms with Crippen molar-refractivity contribution in [1.29, 1.82) is 0 Å². The fourth-order valence-corrected chi connectivity index (χ4v) is 1.18. The largest absolute Gasteiger partial charge is 0.497 e. The summed E-state index contributed by atoms with van der Waals surface area (Å²) in [6.45, 7) is 5.79. The second-order valence-corrected chi connectivity index (χ2v) is 3.36. The first-order valence-electron chi connectivity index (χ1n) is 4.23. The van der Waals surface area contributed by atoms with Crippen molar-refractivity contribution in [3.8, 4) is 0 Å². The minimum absolute atomic E-state index is 0.0243. The Bertz CT molecular complexity index is 199. The third kappa shape index (κ3) is 2.00. The summed E-state index contributed by atoms with van der Waals surface area (Å²) in [5.41, 5.74) is 0. The molecule has 1 rings (SSSR count). The number of ether oxygens (including phenoxy) is 1. The van der Waals surface area contributed by atoms with Gasteiger partial charge in [0.05, 0.1) is 12.2 Å². The maximum atomic E-state index is 11.4. The molecule has 2 unspecified atom stereocenters.